The molecule has 6 heteroatoms. The molecule has 0 spiro atoms. The molecule has 6 nitrogen and oxygen atoms in total. The molecule has 3 aromatic rings. The molecule has 2 amide bonds. The maximum atomic E-state index is 13.5. The van der Waals surface area contributed by atoms with Crippen molar-refractivity contribution in [2.24, 2.45) is 5.92 Å². The van der Waals surface area contributed by atoms with Gasteiger partial charge in [0.15, 0.2) is 5.69 Å². The summed E-state index contributed by atoms with van der Waals surface area (Å²) in [5.74, 6) is 0.914. The van der Waals surface area contributed by atoms with Crippen LogP contribution in [0.3, 0.4) is 0 Å². The van der Waals surface area contributed by atoms with E-state index >= 15 is 0 Å². The number of aromatic nitrogens is 1. The normalized spacial score (nSPS) is 17.8. The van der Waals surface area contributed by atoms with Crippen LogP contribution in [0.25, 0.3) is 0 Å². The lowest BCUT2D eigenvalue weighted by Crippen LogP contribution is -2.47. The minimum atomic E-state index is -0.184. The molecule has 0 saturated carbocycles. The zero-order valence-corrected chi connectivity index (χ0v) is 19.0. The number of para-hydroxylation sites is 2. The number of anilines is 2. The molecule has 0 aliphatic carbocycles. The lowest BCUT2D eigenvalue weighted by molar-refractivity contribution is -0.117. The summed E-state index contributed by atoms with van der Waals surface area (Å²) < 4.78 is 5.41. The van der Waals surface area contributed by atoms with E-state index < -0.39 is 0 Å². The molecule has 166 valence electrons. The van der Waals surface area contributed by atoms with E-state index in [0.29, 0.717) is 23.8 Å². The van der Waals surface area contributed by atoms with Crippen LogP contribution in [0.1, 0.15) is 62.0 Å². The fraction of sp³-hybridized carbons (Fsp3) is 0.346. The van der Waals surface area contributed by atoms with Gasteiger partial charge < -0.3 is 14.3 Å². The molecule has 0 N–H and O–H groups in total. The largest absolute Gasteiger partial charge is 0.361 e. The van der Waals surface area contributed by atoms with Gasteiger partial charge in [-0.3, -0.25) is 9.59 Å². The van der Waals surface area contributed by atoms with E-state index in [-0.39, 0.29) is 23.9 Å². The summed E-state index contributed by atoms with van der Waals surface area (Å²) in [7, 11) is 0. The van der Waals surface area contributed by atoms with E-state index in [9.17, 15) is 9.59 Å². The zero-order chi connectivity index (χ0) is 22.8. The van der Waals surface area contributed by atoms with Crippen LogP contribution in [0, 0.1) is 5.92 Å². The highest BCUT2D eigenvalue weighted by Crippen LogP contribution is 2.42. The number of rotatable bonds is 5. The molecule has 1 aliphatic heterocycles. The summed E-state index contributed by atoms with van der Waals surface area (Å²) >= 11 is 0. The smallest absolute Gasteiger partial charge is 0.280 e. The van der Waals surface area contributed by atoms with Crippen molar-refractivity contribution in [1.82, 2.24) is 5.16 Å². The third-order valence-corrected chi connectivity index (χ3v) is 5.85. The number of amides is 2. The van der Waals surface area contributed by atoms with Gasteiger partial charge in [0.1, 0.15) is 5.76 Å². The zero-order valence-electron chi connectivity index (χ0n) is 19.0. The number of hydrogen-bond acceptors (Lipinski definition) is 4. The molecule has 1 aliphatic rings. The Balaban J connectivity index is 1.72. The molecule has 0 saturated heterocycles. The highest BCUT2D eigenvalue weighted by atomic mass is 16.5. The molecule has 2 heterocycles. The molecule has 0 radical (unpaired) electrons. The van der Waals surface area contributed by atoms with Crippen LogP contribution in [0.2, 0.25) is 0 Å². The molecule has 2 aromatic carbocycles. The van der Waals surface area contributed by atoms with Gasteiger partial charge in [-0.1, -0.05) is 55.4 Å². The number of carbonyl (C=O) groups is 2. The first-order valence-corrected chi connectivity index (χ1v) is 11.1. The Morgan fingerprint density at radius 3 is 2.50 bits per heavy atom. The summed E-state index contributed by atoms with van der Waals surface area (Å²) in [6.07, 6.45) is 1.35. The third-order valence-electron chi connectivity index (χ3n) is 5.85. The highest BCUT2D eigenvalue weighted by Gasteiger charge is 2.38. The average Bonchev–Trinajstić information content (AvgIpc) is 3.22. The van der Waals surface area contributed by atoms with Crippen molar-refractivity contribution in [2.75, 3.05) is 9.80 Å². The van der Waals surface area contributed by atoms with E-state index in [2.05, 4.69) is 19.0 Å². The van der Waals surface area contributed by atoms with Crippen molar-refractivity contribution >= 4 is 23.2 Å². The lowest BCUT2D eigenvalue weighted by atomic mass is 9.89. The van der Waals surface area contributed by atoms with Crippen molar-refractivity contribution in [1.29, 1.82) is 0 Å². The van der Waals surface area contributed by atoms with Crippen molar-refractivity contribution < 1.29 is 14.1 Å². The van der Waals surface area contributed by atoms with Crippen LogP contribution in [0.4, 0.5) is 11.4 Å². The van der Waals surface area contributed by atoms with E-state index in [0.717, 1.165) is 23.4 Å². The maximum Gasteiger partial charge on any atom is 0.280 e. The van der Waals surface area contributed by atoms with Crippen LogP contribution in [0.5, 0.6) is 0 Å². The third kappa shape index (κ3) is 4.17. The summed E-state index contributed by atoms with van der Waals surface area (Å²) in [5, 5.41) is 4.05. The summed E-state index contributed by atoms with van der Waals surface area (Å²) in [6, 6.07) is 18.9. The number of carbonyl (C=O) groups excluding carboxylic acids is 2. The van der Waals surface area contributed by atoms with Gasteiger partial charge in [-0.25, -0.2) is 0 Å². The second-order valence-corrected chi connectivity index (χ2v) is 8.84. The molecular weight excluding hydrogens is 402 g/mol. The topological polar surface area (TPSA) is 66.7 Å². The molecule has 2 atom stereocenters. The Bertz CT molecular complexity index is 1110. The van der Waals surface area contributed by atoms with Crippen molar-refractivity contribution in [2.45, 2.75) is 52.6 Å². The Morgan fingerprint density at radius 2 is 1.81 bits per heavy atom. The van der Waals surface area contributed by atoms with Crippen molar-refractivity contribution in [3.63, 3.8) is 0 Å². The number of hydrogen-bond donors (Lipinski definition) is 0. The summed E-state index contributed by atoms with van der Waals surface area (Å²) in [4.78, 5) is 29.8. The molecule has 0 fully saturated rings. The first-order chi connectivity index (χ1) is 15.4. The quantitative estimate of drug-likeness (QED) is 0.542. The Morgan fingerprint density at radius 1 is 1.12 bits per heavy atom. The fourth-order valence-corrected chi connectivity index (χ4v) is 4.54. The van der Waals surface area contributed by atoms with Crippen molar-refractivity contribution in [3.8, 4) is 0 Å². The first kappa shape index (κ1) is 21.8. The van der Waals surface area contributed by atoms with Crippen LogP contribution >= 0.6 is 0 Å². The van der Waals surface area contributed by atoms with Gasteiger partial charge in [0.25, 0.3) is 5.91 Å². The second kappa shape index (κ2) is 8.99. The maximum absolute atomic E-state index is 13.5. The minimum absolute atomic E-state index is 0.0298. The van der Waals surface area contributed by atoms with Crippen LogP contribution in [-0.4, -0.2) is 23.0 Å². The number of nitrogens with zero attached hydrogens (tertiary/aromatic N) is 3. The average molecular weight is 432 g/mol. The Kier molecular flexibility index (Phi) is 6.12. The van der Waals surface area contributed by atoms with Gasteiger partial charge in [-0.05, 0) is 43.0 Å². The second-order valence-electron chi connectivity index (χ2n) is 8.84. The molecular formula is C26H29N3O3. The molecule has 4 rings (SSSR count). The van der Waals surface area contributed by atoms with E-state index in [1.54, 1.807) is 17.9 Å². The van der Waals surface area contributed by atoms with Crippen LogP contribution < -0.4 is 9.80 Å². The molecule has 32 heavy (non-hydrogen) atoms. The van der Waals surface area contributed by atoms with Gasteiger partial charge >= 0.3 is 0 Å². The van der Waals surface area contributed by atoms with E-state index in [1.807, 2.05) is 66.4 Å². The molecule has 0 unspecified atom stereocenters. The highest BCUT2D eigenvalue weighted by molar-refractivity contribution is 6.06. The van der Waals surface area contributed by atoms with Gasteiger partial charge in [-0.15, -0.1) is 0 Å². The van der Waals surface area contributed by atoms with Gasteiger partial charge in [0.05, 0.1) is 6.04 Å². The monoisotopic (exact) mass is 431 g/mol. The van der Waals surface area contributed by atoms with E-state index in [4.69, 9.17) is 4.52 Å². The fourth-order valence-electron chi connectivity index (χ4n) is 4.54. The first-order valence-electron chi connectivity index (χ1n) is 11.1. The van der Waals surface area contributed by atoms with Gasteiger partial charge in [-0.2, -0.15) is 0 Å². The Labute approximate surface area is 188 Å². The van der Waals surface area contributed by atoms with Crippen LogP contribution in [0.15, 0.2) is 65.2 Å². The minimum Gasteiger partial charge on any atom is -0.361 e. The van der Waals surface area contributed by atoms with Crippen LogP contribution in [-0.2, 0) is 11.2 Å². The number of benzene rings is 2. The SMILES string of the molecule is CC(=O)N(c1ccccc1)[C@@H]1C[C@H](C)N(C(=O)c2cc(CC(C)C)on2)c2ccccc21. The Hall–Kier alpha value is -3.41. The molecule has 1 aromatic heterocycles. The lowest BCUT2D eigenvalue weighted by Gasteiger charge is -2.43. The number of fused-ring (bicyclic) bond motifs is 1. The predicted octanol–water partition coefficient (Wildman–Crippen LogP) is 5.41. The van der Waals surface area contributed by atoms with E-state index in [1.165, 1.54) is 0 Å². The molecule has 0 bridgehead atoms. The summed E-state index contributed by atoms with van der Waals surface area (Å²) in [6.45, 7) is 7.80. The van der Waals surface area contributed by atoms with Crippen molar-refractivity contribution in [3.05, 3.63) is 77.7 Å². The summed E-state index contributed by atoms with van der Waals surface area (Å²) in [5.41, 5.74) is 2.91. The van der Waals surface area contributed by atoms with Gasteiger partial charge in [0.2, 0.25) is 5.91 Å². The van der Waals surface area contributed by atoms with Gasteiger partial charge in [0, 0.05) is 36.8 Å². The standard InChI is InChI=1S/C26H29N3O3/c1-17(2)14-21-16-23(27-32-21)26(31)28-18(3)15-25(22-12-8-9-13-24(22)28)29(19(4)30)20-10-6-5-7-11-20/h5-13,16-18,25H,14-15H2,1-4H3/t18-,25+/m0/s1. The predicted molar refractivity (Wildman–Crippen MR) is 125 cm³/mol.